The molecule has 0 saturated carbocycles. The number of rotatable bonds is 10. The van der Waals surface area contributed by atoms with E-state index in [0.717, 1.165) is 39.8 Å². The molecule has 3 rings (SSSR count). The van der Waals surface area contributed by atoms with Gasteiger partial charge in [0.25, 0.3) is 15.9 Å². The van der Waals surface area contributed by atoms with E-state index in [-0.39, 0.29) is 4.90 Å². The van der Waals surface area contributed by atoms with Gasteiger partial charge in [0.1, 0.15) is 6.54 Å². The number of aryl methyl sites for hydroxylation is 2. The molecule has 0 fully saturated rings. The van der Waals surface area contributed by atoms with Gasteiger partial charge in [-0.05, 0) is 92.9 Å². The minimum atomic E-state index is -4.03. The number of anilines is 2. The van der Waals surface area contributed by atoms with Crippen molar-refractivity contribution >= 4 is 45.1 Å². The van der Waals surface area contributed by atoms with Gasteiger partial charge in [-0.1, -0.05) is 29.8 Å². The smallest absolute Gasteiger partial charge is 0.264 e. The van der Waals surface area contributed by atoms with Crippen LogP contribution in [0.1, 0.15) is 30.5 Å². The first-order valence-corrected chi connectivity index (χ1v) is 13.5. The summed E-state index contributed by atoms with van der Waals surface area (Å²) in [7, 11) is -4.03. The van der Waals surface area contributed by atoms with Crippen LogP contribution in [0.2, 0.25) is 5.02 Å². The van der Waals surface area contributed by atoms with Crippen LogP contribution in [0.4, 0.5) is 11.4 Å². The van der Waals surface area contributed by atoms with E-state index in [2.05, 4.69) is 29.3 Å². The molecule has 9 heteroatoms. The number of hydrazone groups is 1. The van der Waals surface area contributed by atoms with Crippen molar-refractivity contribution in [1.29, 1.82) is 0 Å². The number of carbonyl (C=O) groups is 1. The van der Waals surface area contributed by atoms with E-state index in [1.54, 1.807) is 12.1 Å². The molecule has 0 aliphatic rings. The van der Waals surface area contributed by atoms with Gasteiger partial charge in [0.2, 0.25) is 0 Å². The molecule has 3 aromatic carbocycles. The van der Waals surface area contributed by atoms with Crippen molar-refractivity contribution in [3.63, 3.8) is 0 Å². The van der Waals surface area contributed by atoms with Crippen molar-refractivity contribution in [1.82, 2.24) is 5.43 Å². The van der Waals surface area contributed by atoms with Crippen LogP contribution in [-0.2, 0) is 14.8 Å². The maximum absolute atomic E-state index is 13.5. The van der Waals surface area contributed by atoms with E-state index in [1.807, 2.05) is 44.2 Å². The lowest BCUT2D eigenvalue weighted by Crippen LogP contribution is -2.39. The van der Waals surface area contributed by atoms with Crippen molar-refractivity contribution < 1.29 is 13.2 Å². The minimum absolute atomic E-state index is 0.0368. The number of halogens is 1. The summed E-state index contributed by atoms with van der Waals surface area (Å²) in [6.07, 6.45) is 1.53. The SMILES string of the molecule is CCN(CC)c1ccc(/C=N\NC(=O)CN(c2ccc(C)c(C)c2)S(=O)(=O)c2ccc(Cl)cc2)cc1. The van der Waals surface area contributed by atoms with E-state index >= 15 is 0 Å². The summed E-state index contributed by atoms with van der Waals surface area (Å²) in [6.45, 7) is 9.41. The first-order valence-electron chi connectivity index (χ1n) is 11.7. The first kappa shape index (κ1) is 27.2. The second-order valence-electron chi connectivity index (χ2n) is 8.29. The Hall–Kier alpha value is -3.36. The van der Waals surface area contributed by atoms with Gasteiger partial charge >= 0.3 is 0 Å². The van der Waals surface area contributed by atoms with Crippen molar-refractivity contribution in [3.05, 3.63) is 88.4 Å². The summed E-state index contributed by atoms with van der Waals surface area (Å²) < 4.78 is 28.0. The molecule has 7 nitrogen and oxygen atoms in total. The van der Waals surface area contributed by atoms with Crippen LogP contribution >= 0.6 is 11.6 Å². The lowest BCUT2D eigenvalue weighted by Gasteiger charge is -2.24. The third-order valence-electron chi connectivity index (χ3n) is 5.89. The molecule has 0 aromatic heterocycles. The molecule has 0 atom stereocenters. The predicted octanol–water partition coefficient (Wildman–Crippen LogP) is 5.15. The Morgan fingerprint density at radius 1 is 0.917 bits per heavy atom. The zero-order chi connectivity index (χ0) is 26.3. The molecular formula is C27H31ClN4O3S. The fourth-order valence-corrected chi connectivity index (χ4v) is 5.17. The monoisotopic (exact) mass is 526 g/mol. The molecule has 1 N–H and O–H groups in total. The average molecular weight is 527 g/mol. The van der Waals surface area contributed by atoms with Crippen LogP contribution in [-0.4, -0.2) is 40.2 Å². The predicted molar refractivity (Wildman–Crippen MR) is 148 cm³/mol. The molecule has 0 radical (unpaired) electrons. The molecule has 0 heterocycles. The van der Waals surface area contributed by atoms with Crippen LogP contribution < -0.4 is 14.6 Å². The number of nitrogens with one attached hydrogen (secondary N) is 1. The summed E-state index contributed by atoms with van der Waals surface area (Å²) in [4.78, 5) is 15.0. The Morgan fingerprint density at radius 3 is 2.11 bits per heavy atom. The number of nitrogens with zero attached hydrogens (tertiary/aromatic N) is 3. The highest BCUT2D eigenvalue weighted by Crippen LogP contribution is 2.26. The Balaban J connectivity index is 1.79. The van der Waals surface area contributed by atoms with E-state index in [0.29, 0.717) is 10.7 Å². The van der Waals surface area contributed by atoms with E-state index < -0.39 is 22.5 Å². The molecule has 36 heavy (non-hydrogen) atoms. The highest BCUT2D eigenvalue weighted by atomic mass is 35.5. The number of carbonyl (C=O) groups excluding carboxylic acids is 1. The van der Waals surface area contributed by atoms with Gasteiger partial charge in [-0.2, -0.15) is 5.10 Å². The highest BCUT2D eigenvalue weighted by molar-refractivity contribution is 7.92. The van der Waals surface area contributed by atoms with Crippen LogP contribution in [0.25, 0.3) is 0 Å². The van der Waals surface area contributed by atoms with E-state index in [9.17, 15) is 13.2 Å². The highest BCUT2D eigenvalue weighted by Gasteiger charge is 2.27. The second-order valence-corrected chi connectivity index (χ2v) is 10.6. The molecule has 1 amide bonds. The topological polar surface area (TPSA) is 82.1 Å². The van der Waals surface area contributed by atoms with Gasteiger partial charge in [-0.25, -0.2) is 13.8 Å². The van der Waals surface area contributed by atoms with E-state index in [4.69, 9.17) is 11.6 Å². The number of sulfonamides is 1. The standard InChI is InChI=1S/C27H31ClN4O3S/c1-5-31(6-2)24-13-8-22(9-14-24)18-29-30-27(33)19-32(25-12-7-20(3)21(4)17-25)36(34,35)26-15-10-23(28)11-16-26/h7-18H,5-6,19H2,1-4H3,(H,30,33)/b29-18-. The molecule has 0 saturated heterocycles. The van der Waals surface area contributed by atoms with E-state index in [1.165, 1.54) is 30.5 Å². The maximum Gasteiger partial charge on any atom is 0.264 e. The van der Waals surface area contributed by atoms with Gasteiger partial charge in [-0.3, -0.25) is 9.10 Å². The second kappa shape index (κ2) is 12.1. The maximum atomic E-state index is 13.5. The van der Waals surface area contributed by atoms with Gasteiger partial charge in [0.05, 0.1) is 16.8 Å². The lowest BCUT2D eigenvalue weighted by molar-refractivity contribution is -0.119. The summed E-state index contributed by atoms with van der Waals surface area (Å²) in [5.41, 5.74) is 6.68. The third-order valence-corrected chi connectivity index (χ3v) is 7.93. The van der Waals surface area contributed by atoms with Crippen molar-refractivity contribution in [2.75, 3.05) is 28.8 Å². The molecule has 0 bridgehead atoms. The fraction of sp³-hybridized carbons (Fsp3) is 0.259. The minimum Gasteiger partial charge on any atom is -0.372 e. The molecule has 0 unspecified atom stereocenters. The van der Waals surface area contributed by atoms with Gasteiger partial charge in [-0.15, -0.1) is 0 Å². The zero-order valence-corrected chi connectivity index (χ0v) is 22.5. The normalized spacial score (nSPS) is 11.5. The zero-order valence-electron chi connectivity index (χ0n) is 20.9. The molecule has 0 spiro atoms. The average Bonchev–Trinajstić information content (AvgIpc) is 2.86. The molecule has 0 aliphatic carbocycles. The Labute approximate surface area is 218 Å². The summed E-state index contributed by atoms with van der Waals surface area (Å²) in [5, 5.41) is 4.44. The van der Waals surface area contributed by atoms with Crippen molar-refractivity contribution in [2.45, 2.75) is 32.6 Å². The number of hydrogen-bond donors (Lipinski definition) is 1. The molecule has 0 aliphatic heterocycles. The molecule has 3 aromatic rings. The van der Waals surface area contributed by atoms with Crippen molar-refractivity contribution in [3.8, 4) is 0 Å². The quantitative estimate of drug-likeness (QED) is 0.292. The number of amides is 1. The molecule has 190 valence electrons. The fourth-order valence-electron chi connectivity index (χ4n) is 3.63. The lowest BCUT2D eigenvalue weighted by atomic mass is 10.1. The first-order chi connectivity index (χ1) is 17.1. The largest absolute Gasteiger partial charge is 0.372 e. The van der Waals surface area contributed by atoms with Crippen LogP contribution in [0.15, 0.2) is 76.7 Å². The summed E-state index contributed by atoms with van der Waals surface area (Å²) in [5.74, 6) is -0.568. The van der Waals surface area contributed by atoms with Gasteiger partial charge in [0, 0.05) is 23.8 Å². The number of hydrogen-bond acceptors (Lipinski definition) is 5. The van der Waals surface area contributed by atoms with Crippen LogP contribution in [0, 0.1) is 13.8 Å². The third kappa shape index (κ3) is 6.65. The Morgan fingerprint density at radius 2 is 1.53 bits per heavy atom. The Kier molecular flexibility index (Phi) is 9.12. The van der Waals surface area contributed by atoms with Gasteiger partial charge < -0.3 is 4.90 Å². The van der Waals surface area contributed by atoms with Crippen molar-refractivity contribution in [2.24, 2.45) is 5.10 Å². The van der Waals surface area contributed by atoms with Gasteiger partial charge in [0.15, 0.2) is 0 Å². The molecular weight excluding hydrogens is 496 g/mol. The number of benzene rings is 3. The van der Waals surface area contributed by atoms with Crippen LogP contribution in [0.5, 0.6) is 0 Å². The summed E-state index contributed by atoms with van der Waals surface area (Å²) in [6, 6.07) is 18.9. The Bertz CT molecular complexity index is 1320. The van der Waals surface area contributed by atoms with Crippen LogP contribution in [0.3, 0.4) is 0 Å². The summed E-state index contributed by atoms with van der Waals surface area (Å²) >= 11 is 5.94.